The van der Waals surface area contributed by atoms with E-state index in [4.69, 9.17) is 11.6 Å². The monoisotopic (exact) mass is 477 g/mol. The zero-order chi connectivity index (χ0) is 23.4. The molecule has 1 N–H and O–H groups in total. The Morgan fingerprint density at radius 2 is 1.79 bits per heavy atom. The molecule has 0 bridgehead atoms. The Bertz CT molecular complexity index is 1350. The zero-order valence-electron chi connectivity index (χ0n) is 18.4. The number of fused-ring (bicyclic) bond motifs is 1. The molecule has 0 aliphatic carbocycles. The van der Waals surface area contributed by atoms with Crippen LogP contribution < -0.4 is 10.9 Å². The number of hydrogen-bond donors (Lipinski definition) is 1. The van der Waals surface area contributed by atoms with Crippen LogP contribution in [0.2, 0.25) is 5.02 Å². The van der Waals surface area contributed by atoms with E-state index in [9.17, 15) is 9.59 Å². The fourth-order valence-electron chi connectivity index (χ4n) is 3.59. The van der Waals surface area contributed by atoms with Gasteiger partial charge in [0, 0.05) is 22.8 Å². The molecule has 33 heavy (non-hydrogen) atoms. The van der Waals surface area contributed by atoms with E-state index in [-0.39, 0.29) is 23.1 Å². The highest BCUT2D eigenvalue weighted by molar-refractivity contribution is 7.99. The molecule has 0 saturated carbocycles. The molecule has 5 nitrogen and oxygen atoms in total. The smallest absolute Gasteiger partial charge is 0.262 e. The summed E-state index contributed by atoms with van der Waals surface area (Å²) in [6, 6.07) is 22.7. The molecule has 0 aliphatic rings. The van der Waals surface area contributed by atoms with E-state index in [1.54, 1.807) is 22.8 Å². The topological polar surface area (TPSA) is 64.0 Å². The maximum Gasteiger partial charge on any atom is 0.262 e. The molecule has 1 heterocycles. The van der Waals surface area contributed by atoms with Crippen LogP contribution in [0.5, 0.6) is 0 Å². The first-order valence-corrected chi connectivity index (χ1v) is 12.1. The van der Waals surface area contributed by atoms with Gasteiger partial charge in [0.15, 0.2) is 5.16 Å². The van der Waals surface area contributed by atoms with Crippen molar-refractivity contribution in [3.8, 4) is 11.1 Å². The average Bonchev–Trinajstić information content (AvgIpc) is 2.81. The summed E-state index contributed by atoms with van der Waals surface area (Å²) in [6.45, 7) is 4.58. The molecule has 0 fully saturated rings. The second-order valence-corrected chi connectivity index (χ2v) is 9.49. The molecule has 7 heteroatoms. The molecule has 0 spiro atoms. The van der Waals surface area contributed by atoms with Crippen LogP contribution in [0, 0.1) is 5.92 Å². The number of carbonyl (C=O) groups is 1. The summed E-state index contributed by atoms with van der Waals surface area (Å²) in [4.78, 5) is 30.6. The van der Waals surface area contributed by atoms with E-state index in [1.807, 2.05) is 68.4 Å². The summed E-state index contributed by atoms with van der Waals surface area (Å²) in [5.74, 6) is 0.212. The summed E-state index contributed by atoms with van der Waals surface area (Å²) < 4.78 is 1.64. The van der Waals surface area contributed by atoms with Gasteiger partial charge >= 0.3 is 0 Å². The third-order valence-electron chi connectivity index (χ3n) is 5.05. The van der Waals surface area contributed by atoms with Crippen LogP contribution in [-0.4, -0.2) is 21.2 Å². The molecule has 0 saturated heterocycles. The van der Waals surface area contributed by atoms with Crippen LogP contribution in [0.25, 0.3) is 22.0 Å². The number of nitrogens with one attached hydrogen (secondary N) is 1. The lowest BCUT2D eigenvalue weighted by atomic mass is 10.0. The Morgan fingerprint density at radius 3 is 2.55 bits per heavy atom. The van der Waals surface area contributed by atoms with Gasteiger partial charge in [-0.1, -0.05) is 85.7 Å². The first-order chi connectivity index (χ1) is 15.9. The van der Waals surface area contributed by atoms with Crippen molar-refractivity contribution in [3.05, 3.63) is 88.2 Å². The maximum atomic E-state index is 13.1. The number of benzene rings is 3. The van der Waals surface area contributed by atoms with Crippen LogP contribution in [-0.2, 0) is 11.3 Å². The average molecular weight is 478 g/mol. The van der Waals surface area contributed by atoms with Gasteiger partial charge in [-0.05, 0) is 35.7 Å². The van der Waals surface area contributed by atoms with Crippen molar-refractivity contribution in [2.45, 2.75) is 25.5 Å². The van der Waals surface area contributed by atoms with Crippen molar-refractivity contribution in [1.82, 2.24) is 9.55 Å². The van der Waals surface area contributed by atoms with E-state index in [2.05, 4.69) is 10.3 Å². The molecule has 0 atom stereocenters. The van der Waals surface area contributed by atoms with Gasteiger partial charge in [0.05, 0.1) is 16.7 Å². The van der Waals surface area contributed by atoms with Gasteiger partial charge in [0.2, 0.25) is 5.91 Å². The fourth-order valence-corrected chi connectivity index (χ4v) is 4.57. The number of anilines is 1. The summed E-state index contributed by atoms with van der Waals surface area (Å²) >= 11 is 7.35. The van der Waals surface area contributed by atoms with Crippen LogP contribution in [0.15, 0.2) is 82.7 Å². The van der Waals surface area contributed by atoms with Crippen molar-refractivity contribution < 1.29 is 4.79 Å². The molecule has 0 unspecified atom stereocenters. The number of hydrogen-bond acceptors (Lipinski definition) is 4. The number of aromatic nitrogens is 2. The lowest BCUT2D eigenvalue weighted by Crippen LogP contribution is -2.26. The number of thioether (sulfide) groups is 1. The molecule has 0 radical (unpaired) electrons. The van der Waals surface area contributed by atoms with Gasteiger partial charge in [-0.25, -0.2) is 4.98 Å². The largest absolute Gasteiger partial charge is 0.325 e. The molecule has 1 aromatic heterocycles. The lowest BCUT2D eigenvalue weighted by molar-refractivity contribution is -0.113. The predicted molar refractivity (Wildman–Crippen MR) is 137 cm³/mol. The molecule has 4 aromatic rings. The molecule has 3 aromatic carbocycles. The second kappa shape index (κ2) is 10.2. The molecule has 1 amide bonds. The Morgan fingerprint density at radius 1 is 1.06 bits per heavy atom. The van der Waals surface area contributed by atoms with E-state index in [0.29, 0.717) is 27.6 Å². The number of para-hydroxylation sites is 1. The Kier molecular flexibility index (Phi) is 7.16. The predicted octanol–water partition coefficient (Wildman–Crippen LogP) is 6.10. The maximum absolute atomic E-state index is 13.1. The highest BCUT2D eigenvalue weighted by atomic mass is 35.5. The van der Waals surface area contributed by atoms with E-state index in [0.717, 1.165) is 16.8 Å². The van der Waals surface area contributed by atoms with Gasteiger partial charge in [0.1, 0.15) is 0 Å². The standard InChI is InChI=1S/C26H24ClN3O2S/c1-17(2)15-30-25(32)21-14-19(27)12-13-23(21)29-26(30)33-16-24(31)28-22-11-7-6-10-20(22)18-8-4-3-5-9-18/h3-14,17H,15-16H2,1-2H3,(H,28,31). The second-order valence-electron chi connectivity index (χ2n) is 8.11. The van der Waals surface area contributed by atoms with Crippen molar-refractivity contribution in [2.24, 2.45) is 5.92 Å². The lowest BCUT2D eigenvalue weighted by Gasteiger charge is -2.15. The number of halogens is 1. The minimum absolute atomic E-state index is 0.132. The minimum atomic E-state index is -0.162. The third kappa shape index (κ3) is 5.46. The van der Waals surface area contributed by atoms with Gasteiger partial charge in [-0.3, -0.25) is 14.2 Å². The third-order valence-corrected chi connectivity index (χ3v) is 6.26. The summed E-state index contributed by atoms with van der Waals surface area (Å²) in [7, 11) is 0. The molecule has 4 rings (SSSR count). The number of nitrogens with zero attached hydrogens (tertiary/aromatic N) is 2. The SMILES string of the molecule is CC(C)Cn1c(SCC(=O)Nc2ccccc2-c2ccccc2)nc2ccc(Cl)cc2c1=O. The van der Waals surface area contributed by atoms with Crippen molar-refractivity contribution >= 4 is 45.9 Å². The van der Waals surface area contributed by atoms with Gasteiger partial charge in [0.25, 0.3) is 5.56 Å². The van der Waals surface area contributed by atoms with E-state index in [1.165, 1.54) is 11.8 Å². The number of rotatable bonds is 7. The van der Waals surface area contributed by atoms with Gasteiger partial charge in [-0.2, -0.15) is 0 Å². The summed E-state index contributed by atoms with van der Waals surface area (Å²) in [5.41, 5.74) is 3.15. The van der Waals surface area contributed by atoms with Crippen LogP contribution in [0.1, 0.15) is 13.8 Å². The Labute approximate surface area is 201 Å². The fraction of sp³-hybridized carbons (Fsp3) is 0.192. The first-order valence-electron chi connectivity index (χ1n) is 10.7. The quantitative estimate of drug-likeness (QED) is 0.258. The van der Waals surface area contributed by atoms with Crippen LogP contribution >= 0.6 is 23.4 Å². The first kappa shape index (κ1) is 23.1. The summed E-state index contributed by atoms with van der Waals surface area (Å²) in [6.07, 6.45) is 0. The van der Waals surface area contributed by atoms with Crippen molar-refractivity contribution in [2.75, 3.05) is 11.1 Å². The molecular weight excluding hydrogens is 454 g/mol. The molecule has 168 valence electrons. The van der Waals surface area contributed by atoms with Crippen LogP contribution in [0.3, 0.4) is 0 Å². The highest BCUT2D eigenvalue weighted by Gasteiger charge is 2.15. The van der Waals surface area contributed by atoms with Crippen LogP contribution in [0.4, 0.5) is 5.69 Å². The Hall–Kier alpha value is -3.09. The number of amides is 1. The zero-order valence-corrected chi connectivity index (χ0v) is 20.0. The van der Waals surface area contributed by atoms with Crippen molar-refractivity contribution in [3.63, 3.8) is 0 Å². The Balaban J connectivity index is 1.57. The van der Waals surface area contributed by atoms with E-state index < -0.39 is 0 Å². The normalized spacial score (nSPS) is 11.2. The van der Waals surface area contributed by atoms with Gasteiger partial charge in [-0.15, -0.1) is 0 Å². The minimum Gasteiger partial charge on any atom is -0.325 e. The van der Waals surface area contributed by atoms with E-state index >= 15 is 0 Å². The summed E-state index contributed by atoms with van der Waals surface area (Å²) in [5, 5.41) is 4.50. The van der Waals surface area contributed by atoms with Gasteiger partial charge < -0.3 is 5.32 Å². The highest BCUT2D eigenvalue weighted by Crippen LogP contribution is 2.28. The molecule has 0 aliphatic heterocycles. The molecular formula is C26H24ClN3O2S. The number of carbonyl (C=O) groups excluding carboxylic acids is 1. The van der Waals surface area contributed by atoms with Crippen molar-refractivity contribution in [1.29, 1.82) is 0 Å².